The van der Waals surface area contributed by atoms with Crippen molar-refractivity contribution in [2.75, 3.05) is 6.54 Å². The quantitative estimate of drug-likeness (QED) is 0.860. The number of nitrogens with zero attached hydrogens (tertiary/aromatic N) is 3. The molecule has 0 spiro atoms. The molecule has 1 fully saturated rings. The highest BCUT2D eigenvalue weighted by molar-refractivity contribution is 5.83. The number of nitrogens with one attached hydrogen (secondary N) is 1. The third-order valence-electron chi connectivity index (χ3n) is 4.67. The van der Waals surface area contributed by atoms with Crippen molar-refractivity contribution in [3.63, 3.8) is 0 Å². The van der Waals surface area contributed by atoms with Crippen LogP contribution in [0, 0.1) is 11.7 Å². The molecule has 0 radical (unpaired) electrons. The fourth-order valence-electron chi connectivity index (χ4n) is 3.12. The first-order valence-corrected chi connectivity index (χ1v) is 8.87. The van der Waals surface area contributed by atoms with Crippen LogP contribution in [0.25, 0.3) is 0 Å². The Hall–Kier alpha value is -2.70. The van der Waals surface area contributed by atoms with Crippen LogP contribution in [-0.4, -0.2) is 33.0 Å². The summed E-state index contributed by atoms with van der Waals surface area (Å²) < 4.78 is 15.6. The average Bonchev–Trinajstić information content (AvgIpc) is 3.11. The van der Waals surface area contributed by atoms with Crippen LogP contribution in [-0.2, 0) is 29.2 Å². The monoisotopic (exact) mass is 358 g/mol. The normalized spacial score (nSPS) is 17.4. The Balaban J connectivity index is 1.57. The summed E-state index contributed by atoms with van der Waals surface area (Å²) in [6, 6.07) is 6.41. The molecule has 0 bridgehead atoms. The number of likely N-dealkylation sites (tertiary alicyclic amines) is 1. The summed E-state index contributed by atoms with van der Waals surface area (Å²) in [5.74, 6) is -0.734. The van der Waals surface area contributed by atoms with E-state index in [0.717, 1.165) is 12.1 Å². The second-order valence-corrected chi connectivity index (χ2v) is 6.52. The van der Waals surface area contributed by atoms with Crippen LogP contribution in [0.15, 0.2) is 36.7 Å². The van der Waals surface area contributed by atoms with Crippen LogP contribution in [0.2, 0.25) is 0 Å². The summed E-state index contributed by atoms with van der Waals surface area (Å²) in [4.78, 5) is 26.2. The number of amides is 2. The lowest BCUT2D eigenvalue weighted by atomic mass is 9.96. The molecule has 1 atom stereocenters. The van der Waals surface area contributed by atoms with Gasteiger partial charge in [0.25, 0.3) is 0 Å². The summed E-state index contributed by atoms with van der Waals surface area (Å²) in [6.07, 6.45) is 4.46. The maximum absolute atomic E-state index is 13.8. The van der Waals surface area contributed by atoms with Gasteiger partial charge in [-0.05, 0) is 19.4 Å². The molecule has 1 aliphatic rings. The Morgan fingerprint density at radius 1 is 1.38 bits per heavy atom. The van der Waals surface area contributed by atoms with Crippen LogP contribution in [0.4, 0.5) is 4.39 Å². The Morgan fingerprint density at radius 2 is 2.19 bits per heavy atom. The van der Waals surface area contributed by atoms with Gasteiger partial charge >= 0.3 is 0 Å². The highest BCUT2D eigenvalue weighted by atomic mass is 19.1. The molecule has 1 saturated heterocycles. The van der Waals surface area contributed by atoms with Crippen molar-refractivity contribution in [1.82, 2.24) is 20.0 Å². The number of benzene rings is 1. The minimum atomic E-state index is -0.334. The lowest BCUT2D eigenvalue weighted by Crippen LogP contribution is -2.45. The van der Waals surface area contributed by atoms with Gasteiger partial charge in [-0.3, -0.25) is 14.3 Å². The third-order valence-corrected chi connectivity index (χ3v) is 4.67. The average molecular weight is 358 g/mol. The molecular formula is C19H23FN4O2. The molecule has 0 unspecified atom stereocenters. The number of halogens is 1. The molecule has 1 aromatic heterocycles. The van der Waals surface area contributed by atoms with Gasteiger partial charge in [0, 0.05) is 49.9 Å². The molecule has 2 aromatic rings. The fourth-order valence-corrected chi connectivity index (χ4v) is 3.12. The lowest BCUT2D eigenvalue weighted by Gasteiger charge is -2.32. The van der Waals surface area contributed by atoms with Crippen LogP contribution in [0.5, 0.6) is 0 Å². The SMILES string of the molecule is CCn1cc(CNC(=O)[C@H]2CCC(=O)N(Cc3ccccc3F)C2)cn1. The summed E-state index contributed by atoms with van der Waals surface area (Å²) >= 11 is 0. The second kappa shape index (κ2) is 8.12. The summed E-state index contributed by atoms with van der Waals surface area (Å²) in [5, 5.41) is 7.09. The maximum atomic E-state index is 13.8. The zero-order valence-electron chi connectivity index (χ0n) is 14.8. The number of piperidine rings is 1. The van der Waals surface area contributed by atoms with E-state index >= 15 is 0 Å². The molecule has 26 heavy (non-hydrogen) atoms. The molecule has 2 amide bonds. The van der Waals surface area contributed by atoms with E-state index in [2.05, 4.69) is 10.4 Å². The predicted molar refractivity (Wildman–Crippen MR) is 94.3 cm³/mol. The van der Waals surface area contributed by atoms with E-state index in [1.54, 1.807) is 34.0 Å². The standard InChI is InChI=1S/C19H23FN4O2/c1-2-24-11-14(10-22-24)9-21-19(26)16-7-8-18(25)23(13-16)12-15-5-3-4-6-17(15)20/h3-6,10-11,16H,2,7-9,12-13H2,1H3,(H,21,26)/t16-/m0/s1. The van der Waals surface area contributed by atoms with E-state index in [4.69, 9.17) is 0 Å². The van der Waals surface area contributed by atoms with Gasteiger partial charge in [-0.25, -0.2) is 4.39 Å². The van der Waals surface area contributed by atoms with Gasteiger partial charge in [0.1, 0.15) is 5.82 Å². The Kier molecular flexibility index (Phi) is 5.65. The highest BCUT2D eigenvalue weighted by Crippen LogP contribution is 2.21. The Morgan fingerprint density at radius 3 is 2.92 bits per heavy atom. The number of hydrogen-bond acceptors (Lipinski definition) is 3. The first-order valence-electron chi connectivity index (χ1n) is 8.87. The van der Waals surface area contributed by atoms with E-state index in [0.29, 0.717) is 31.5 Å². The summed E-state index contributed by atoms with van der Waals surface area (Å²) in [5.41, 5.74) is 1.41. The molecule has 6 nitrogen and oxygen atoms in total. The predicted octanol–water partition coefficient (Wildman–Crippen LogP) is 2.10. The van der Waals surface area contributed by atoms with Crippen LogP contribution >= 0.6 is 0 Å². The first-order chi connectivity index (χ1) is 12.6. The van der Waals surface area contributed by atoms with Crippen molar-refractivity contribution in [3.8, 4) is 0 Å². The van der Waals surface area contributed by atoms with Crippen molar-refractivity contribution < 1.29 is 14.0 Å². The van der Waals surface area contributed by atoms with Gasteiger partial charge in [-0.15, -0.1) is 0 Å². The van der Waals surface area contributed by atoms with Gasteiger partial charge in [-0.1, -0.05) is 18.2 Å². The number of hydrogen-bond donors (Lipinski definition) is 1. The molecular weight excluding hydrogens is 335 g/mol. The van der Waals surface area contributed by atoms with Gasteiger partial charge in [-0.2, -0.15) is 5.10 Å². The fraction of sp³-hybridized carbons (Fsp3) is 0.421. The molecule has 3 rings (SSSR count). The molecule has 1 aliphatic heterocycles. The molecule has 1 N–H and O–H groups in total. The third kappa shape index (κ3) is 4.28. The molecule has 138 valence electrons. The maximum Gasteiger partial charge on any atom is 0.225 e. The van der Waals surface area contributed by atoms with E-state index < -0.39 is 0 Å². The zero-order valence-corrected chi connectivity index (χ0v) is 14.8. The highest BCUT2D eigenvalue weighted by Gasteiger charge is 2.30. The topological polar surface area (TPSA) is 67.2 Å². The van der Waals surface area contributed by atoms with Crippen molar-refractivity contribution in [2.24, 2.45) is 5.92 Å². The van der Waals surface area contributed by atoms with E-state index in [1.165, 1.54) is 6.07 Å². The first kappa shape index (κ1) is 18.1. The molecule has 1 aromatic carbocycles. The molecule has 0 saturated carbocycles. The number of aryl methyl sites for hydroxylation is 1. The minimum Gasteiger partial charge on any atom is -0.352 e. The summed E-state index contributed by atoms with van der Waals surface area (Å²) in [7, 11) is 0. The van der Waals surface area contributed by atoms with Crippen molar-refractivity contribution in [2.45, 2.75) is 39.4 Å². The Bertz CT molecular complexity index is 789. The molecule has 2 heterocycles. The van der Waals surface area contributed by atoms with Crippen LogP contribution < -0.4 is 5.32 Å². The van der Waals surface area contributed by atoms with Gasteiger partial charge in [0.2, 0.25) is 11.8 Å². The Labute approximate surface area is 152 Å². The number of carbonyl (C=O) groups excluding carboxylic acids is 2. The molecule has 0 aliphatic carbocycles. The van der Waals surface area contributed by atoms with Gasteiger partial charge in [0.05, 0.1) is 12.1 Å². The van der Waals surface area contributed by atoms with E-state index in [-0.39, 0.29) is 30.1 Å². The van der Waals surface area contributed by atoms with E-state index in [1.807, 2.05) is 13.1 Å². The molecule has 7 heteroatoms. The number of carbonyl (C=O) groups is 2. The number of rotatable bonds is 6. The van der Waals surface area contributed by atoms with E-state index in [9.17, 15) is 14.0 Å². The second-order valence-electron chi connectivity index (χ2n) is 6.52. The van der Waals surface area contributed by atoms with Crippen molar-refractivity contribution in [3.05, 3.63) is 53.6 Å². The van der Waals surface area contributed by atoms with Gasteiger partial charge in [0.15, 0.2) is 0 Å². The smallest absolute Gasteiger partial charge is 0.225 e. The van der Waals surface area contributed by atoms with Crippen molar-refractivity contribution >= 4 is 11.8 Å². The number of aromatic nitrogens is 2. The largest absolute Gasteiger partial charge is 0.352 e. The summed E-state index contributed by atoms with van der Waals surface area (Å²) in [6.45, 7) is 3.70. The van der Waals surface area contributed by atoms with Crippen molar-refractivity contribution in [1.29, 1.82) is 0 Å². The van der Waals surface area contributed by atoms with Crippen LogP contribution in [0.1, 0.15) is 30.9 Å². The zero-order chi connectivity index (χ0) is 18.5. The minimum absolute atomic E-state index is 0.0403. The van der Waals surface area contributed by atoms with Gasteiger partial charge < -0.3 is 10.2 Å². The lowest BCUT2D eigenvalue weighted by molar-refractivity contribution is -0.139. The van der Waals surface area contributed by atoms with Crippen LogP contribution in [0.3, 0.4) is 0 Å².